The van der Waals surface area contributed by atoms with Crippen LogP contribution in [0.4, 0.5) is 5.69 Å². The second-order valence-electron chi connectivity index (χ2n) is 4.17. The molecular formula is C13H8N3O6-. The van der Waals surface area contributed by atoms with E-state index in [1.165, 1.54) is 36.4 Å². The first-order valence-electron chi connectivity index (χ1n) is 5.89. The summed E-state index contributed by atoms with van der Waals surface area (Å²) in [5.74, 6) is -1.33. The molecule has 0 atom stereocenters. The third-order valence-corrected chi connectivity index (χ3v) is 2.72. The first kappa shape index (κ1) is 14.9. The summed E-state index contributed by atoms with van der Waals surface area (Å²) in [6.07, 6.45) is 2.57. The van der Waals surface area contributed by atoms with Crippen molar-refractivity contribution in [3.8, 4) is 0 Å². The molecule has 0 fully saturated rings. The number of carboxylic acids is 1. The average Bonchev–Trinajstić information content (AvgIpc) is 2.44. The SMILES string of the molecule is O=C([O-])c1ccc(/C=C/c2[nH]c(=O)[nH]c(=O)c2[N+](=O)[O-])cc1. The van der Waals surface area contributed by atoms with Crippen molar-refractivity contribution in [1.82, 2.24) is 9.97 Å². The molecule has 0 unspecified atom stereocenters. The zero-order chi connectivity index (χ0) is 16.3. The van der Waals surface area contributed by atoms with E-state index in [0.29, 0.717) is 5.56 Å². The number of H-pyrrole nitrogens is 2. The molecule has 1 heterocycles. The molecule has 0 saturated heterocycles. The number of aromatic amines is 2. The number of hydrogen-bond acceptors (Lipinski definition) is 6. The molecule has 0 radical (unpaired) electrons. The Hall–Kier alpha value is -3.49. The molecule has 0 aliphatic rings. The van der Waals surface area contributed by atoms with Crippen LogP contribution in [0.15, 0.2) is 33.9 Å². The fourth-order valence-electron chi connectivity index (χ4n) is 1.71. The number of nitrogens with one attached hydrogen (secondary N) is 2. The Labute approximate surface area is 121 Å². The van der Waals surface area contributed by atoms with Crippen molar-refractivity contribution in [2.24, 2.45) is 0 Å². The molecule has 22 heavy (non-hydrogen) atoms. The lowest BCUT2D eigenvalue weighted by atomic mass is 10.1. The van der Waals surface area contributed by atoms with Gasteiger partial charge in [-0.1, -0.05) is 30.3 Å². The highest BCUT2D eigenvalue weighted by molar-refractivity contribution is 5.86. The smallest absolute Gasteiger partial charge is 0.357 e. The van der Waals surface area contributed by atoms with Crippen molar-refractivity contribution in [1.29, 1.82) is 0 Å². The van der Waals surface area contributed by atoms with Crippen molar-refractivity contribution in [3.05, 3.63) is 72.0 Å². The van der Waals surface area contributed by atoms with Gasteiger partial charge in [-0.15, -0.1) is 0 Å². The van der Waals surface area contributed by atoms with Crippen LogP contribution >= 0.6 is 0 Å². The summed E-state index contributed by atoms with van der Waals surface area (Å²) < 4.78 is 0. The summed E-state index contributed by atoms with van der Waals surface area (Å²) >= 11 is 0. The highest BCUT2D eigenvalue weighted by atomic mass is 16.6. The predicted octanol–water partition coefficient (Wildman–Crippen LogP) is -0.495. The maximum absolute atomic E-state index is 11.4. The van der Waals surface area contributed by atoms with E-state index in [-0.39, 0.29) is 11.3 Å². The van der Waals surface area contributed by atoms with Gasteiger partial charge >= 0.3 is 16.9 Å². The van der Waals surface area contributed by atoms with Crippen molar-refractivity contribution < 1.29 is 14.8 Å². The van der Waals surface area contributed by atoms with E-state index in [9.17, 15) is 29.6 Å². The van der Waals surface area contributed by atoms with Crippen LogP contribution in [0.3, 0.4) is 0 Å². The molecule has 112 valence electrons. The van der Waals surface area contributed by atoms with Crippen LogP contribution in [0.1, 0.15) is 21.6 Å². The molecule has 2 N–H and O–H groups in total. The first-order valence-corrected chi connectivity index (χ1v) is 5.89. The minimum Gasteiger partial charge on any atom is -0.545 e. The fraction of sp³-hybridized carbons (Fsp3) is 0. The number of aromatic carboxylic acids is 1. The molecule has 1 aromatic heterocycles. The minimum atomic E-state index is -1.33. The Balaban J connectivity index is 2.42. The largest absolute Gasteiger partial charge is 0.545 e. The van der Waals surface area contributed by atoms with Crippen LogP contribution in [-0.2, 0) is 0 Å². The van der Waals surface area contributed by atoms with Gasteiger partial charge in [-0.05, 0) is 17.2 Å². The van der Waals surface area contributed by atoms with Gasteiger partial charge in [0.15, 0.2) is 0 Å². The van der Waals surface area contributed by atoms with E-state index in [0.717, 1.165) is 0 Å². The van der Waals surface area contributed by atoms with Gasteiger partial charge in [-0.25, -0.2) is 4.79 Å². The molecule has 9 nitrogen and oxygen atoms in total. The topological polar surface area (TPSA) is 149 Å². The number of nitro groups is 1. The van der Waals surface area contributed by atoms with Crippen LogP contribution < -0.4 is 16.4 Å². The number of carbonyl (C=O) groups is 1. The maximum Gasteiger partial charge on any atom is 0.357 e. The number of aromatic nitrogens is 2. The Morgan fingerprint density at radius 2 is 1.73 bits per heavy atom. The lowest BCUT2D eigenvalue weighted by Crippen LogP contribution is -2.25. The molecule has 1 aromatic carbocycles. The Bertz CT molecular complexity index is 876. The van der Waals surface area contributed by atoms with Crippen molar-refractivity contribution >= 4 is 23.8 Å². The van der Waals surface area contributed by atoms with Gasteiger partial charge in [0.25, 0.3) is 0 Å². The van der Waals surface area contributed by atoms with Gasteiger partial charge in [0.2, 0.25) is 0 Å². The van der Waals surface area contributed by atoms with Crippen LogP contribution in [0.5, 0.6) is 0 Å². The molecular weight excluding hydrogens is 294 g/mol. The van der Waals surface area contributed by atoms with Crippen LogP contribution in [0, 0.1) is 10.1 Å². The lowest BCUT2D eigenvalue weighted by molar-refractivity contribution is -0.386. The number of carboxylic acid groups (broad SMARTS) is 1. The molecule has 0 spiro atoms. The highest BCUT2D eigenvalue weighted by Gasteiger charge is 2.18. The van der Waals surface area contributed by atoms with Gasteiger partial charge in [-0.2, -0.15) is 0 Å². The molecule has 0 aliphatic heterocycles. The number of rotatable bonds is 4. The second kappa shape index (κ2) is 5.87. The normalized spacial score (nSPS) is 10.7. The van der Waals surface area contributed by atoms with E-state index in [4.69, 9.17) is 0 Å². The first-order chi connectivity index (χ1) is 10.4. The Kier molecular flexibility index (Phi) is 3.98. The molecule has 0 amide bonds. The molecule has 2 aromatic rings. The maximum atomic E-state index is 11.4. The molecule has 9 heteroatoms. The van der Waals surface area contributed by atoms with E-state index >= 15 is 0 Å². The Morgan fingerprint density at radius 1 is 1.09 bits per heavy atom. The molecule has 0 bridgehead atoms. The standard InChI is InChI=1S/C13H9N3O6/c17-11-10(16(21)22)9(14-13(20)15-11)6-3-7-1-4-8(5-2-7)12(18)19/h1-6H,(H,18,19)(H2,14,15,17,20)/p-1/b6-3+. The summed E-state index contributed by atoms with van der Waals surface area (Å²) in [4.78, 5) is 47.0. The van der Waals surface area contributed by atoms with Gasteiger partial charge in [0, 0.05) is 0 Å². The minimum absolute atomic E-state index is 0.0207. The van der Waals surface area contributed by atoms with Crippen molar-refractivity contribution in [3.63, 3.8) is 0 Å². The summed E-state index contributed by atoms with van der Waals surface area (Å²) in [5.41, 5.74) is -2.54. The number of benzene rings is 1. The van der Waals surface area contributed by atoms with E-state index in [1.54, 1.807) is 4.98 Å². The second-order valence-corrected chi connectivity index (χ2v) is 4.17. The Morgan fingerprint density at radius 3 is 2.27 bits per heavy atom. The van der Waals surface area contributed by atoms with Crippen LogP contribution in [-0.4, -0.2) is 20.9 Å². The van der Waals surface area contributed by atoms with Crippen molar-refractivity contribution in [2.75, 3.05) is 0 Å². The van der Waals surface area contributed by atoms with E-state index < -0.39 is 27.8 Å². The third kappa shape index (κ3) is 3.15. The van der Waals surface area contributed by atoms with Crippen LogP contribution in [0.25, 0.3) is 12.2 Å². The van der Waals surface area contributed by atoms with Gasteiger partial charge < -0.3 is 14.9 Å². The highest BCUT2D eigenvalue weighted by Crippen LogP contribution is 2.13. The molecule has 0 aliphatic carbocycles. The molecule has 0 saturated carbocycles. The van der Waals surface area contributed by atoms with E-state index in [1.807, 2.05) is 0 Å². The van der Waals surface area contributed by atoms with Gasteiger partial charge in [-0.3, -0.25) is 19.9 Å². The predicted molar refractivity (Wildman–Crippen MR) is 74.0 cm³/mol. The van der Waals surface area contributed by atoms with E-state index in [2.05, 4.69) is 4.98 Å². The zero-order valence-corrected chi connectivity index (χ0v) is 10.9. The fourth-order valence-corrected chi connectivity index (χ4v) is 1.71. The quantitative estimate of drug-likeness (QED) is 0.574. The third-order valence-electron chi connectivity index (χ3n) is 2.72. The average molecular weight is 302 g/mol. The summed E-state index contributed by atoms with van der Waals surface area (Å²) in [6, 6.07) is 5.48. The zero-order valence-electron chi connectivity index (χ0n) is 10.9. The van der Waals surface area contributed by atoms with Gasteiger partial charge in [0.05, 0.1) is 10.9 Å². The monoisotopic (exact) mass is 302 g/mol. The summed E-state index contributed by atoms with van der Waals surface area (Å²) in [6.45, 7) is 0. The summed E-state index contributed by atoms with van der Waals surface area (Å²) in [7, 11) is 0. The van der Waals surface area contributed by atoms with Crippen molar-refractivity contribution in [2.45, 2.75) is 0 Å². The molecule has 2 rings (SSSR count). The van der Waals surface area contributed by atoms with Crippen LogP contribution in [0.2, 0.25) is 0 Å². The summed E-state index contributed by atoms with van der Waals surface area (Å²) in [5, 5.41) is 21.4. The number of nitrogens with zero attached hydrogens (tertiary/aromatic N) is 1. The lowest BCUT2D eigenvalue weighted by Gasteiger charge is -2.01. The van der Waals surface area contributed by atoms with Gasteiger partial charge in [0.1, 0.15) is 5.69 Å². The number of hydrogen-bond donors (Lipinski definition) is 2. The number of carbonyl (C=O) groups excluding carboxylic acids is 1.